The van der Waals surface area contributed by atoms with Crippen molar-refractivity contribution in [2.24, 2.45) is 11.1 Å². The van der Waals surface area contributed by atoms with Gasteiger partial charge in [-0.15, -0.1) is 11.3 Å². The third-order valence-corrected chi connectivity index (χ3v) is 7.52. The first-order valence-electron chi connectivity index (χ1n) is 8.94. The average molecular weight is 439 g/mol. The Bertz CT molecular complexity index is 1100. The number of hydrogen-bond acceptors (Lipinski definition) is 5. The molecule has 1 heterocycles. The van der Waals surface area contributed by atoms with Gasteiger partial charge in [-0.2, -0.15) is 0 Å². The topological polar surface area (TPSA) is 82.3 Å². The van der Waals surface area contributed by atoms with Crippen molar-refractivity contribution in [3.8, 4) is 5.75 Å². The van der Waals surface area contributed by atoms with E-state index in [-0.39, 0.29) is 10.8 Å². The number of primary sulfonamides is 1. The SMILES string of the molecule is COc1ccc(S(N)(=O)=O)c(CCC(C)C(C)c2nc3ccc(Cl)cc3s2)c1. The fourth-order valence-electron chi connectivity index (χ4n) is 3.14. The summed E-state index contributed by atoms with van der Waals surface area (Å²) in [4.78, 5) is 4.89. The van der Waals surface area contributed by atoms with E-state index in [4.69, 9.17) is 26.5 Å². The third-order valence-electron chi connectivity index (χ3n) is 5.05. The summed E-state index contributed by atoms with van der Waals surface area (Å²) in [5.41, 5.74) is 1.63. The molecular formula is C20H23ClN2O3S2. The molecule has 28 heavy (non-hydrogen) atoms. The summed E-state index contributed by atoms with van der Waals surface area (Å²) in [5, 5.41) is 7.14. The highest BCUT2D eigenvalue weighted by Crippen LogP contribution is 2.35. The number of aromatic nitrogens is 1. The van der Waals surface area contributed by atoms with E-state index in [0.29, 0.717) is 28.7 Å². The lowest BCUT2D eigenvalue weighted by Gasteiger charge is -2.18. The molecule has 0 radical (unpaired) electrons. The van der Waals surface area contributed by atoms with E-state index >= 15 is 0 Å². The summed E-state index contributed by atoms with van der Waals surface area (Å²) in [5.74, 6) is 1.15. The van der Waals surface area contributed by atoms with Gasteiger partial charge in [0.25, 0.3) is 0 Å². The second-order valence-corrected chi connectivity index (χ2v) is 10.0. The summed E-state index contributed by atoms with van der Waals surface area (Å²) >= 11 is 7.72. The lowest BCUT2D eigenvalue weighted by Crippen LogP contribution is -2.15. The van der Waals surface area contributed by atoms with Crippen LogP contribution in [0, 0.1) is 5.92 Å². The van der Waals surface area contributed by atoms with E-state index in [9.17, 15) is 8.42 Å². The van der Waals surface area contributed by atoms with Crippen LogP contribution in [0.1, 0.15) is 36.8 Å². The molecule has 2 unspecified atom stereocenters. The summed E-state index contributed by atoms with van der Waals surface area (Å²) in [7, 11) is -2.22. The molecule has 0 amide bonds. The van der Waals surface area contributed by atoms with E-state index in [1.165, 1.54) is 6.07 Å². The molecule has 2 aromatic carbocycles. The lowest BCUT2D eigenvalue weighted by atomic mass is 9.90. The van der Waals surface area contributed by atoms with Gasteiger partial charge in [-0.3, -0.25) is 0 Å². The van der Waals surface area contributed by atoms with E-state index in [2.05, 4.69) is 13.8 Å². The van der Waals surface area contributed by atoms with Gasteiger partial charge in [0.1, 0.15) is 5.75 Å². The van der Waals surface area contributed by atoms with Crippen LogP contribution in [0.5, 0.6) is 5.75 Å². The molecule has 0 bridgehead atoms. The maximum absolute atomic E-state index is 11.9. The minimum absolute atomic E-state index is 0.155. The summed E-state index contributed by atoms with van der Waals surface area (Å²) in [6, 6.07) is 10.6. The molecule has 8 heteroatoms. The van der Waals surface area contributed by atoms with Gasteiger partial charge in [-0.25, -0.2) is 18.5 Å². The zero-order valence-corrected chi connectivity index (χ0v) is 18.4. The molecule has 5 nitrogen and oxygen atoms in total. The predicted molar refractivity (Wildman–Crippen MR) is 115 cm³/mol. The molecule has 0 aliphatic carbocycles. The first-order valence-corrected chi connectivity index (χ1v) is 11.7. The van der Waals surface area contributed by atoms with E-state index in [1.54, 1.807) is 30.6 Å². The Kier molecular flexibility index (Phi) is 6.29. The standard InChI is InChI=1S/C20H23ClN2O3S2/c1-12(13(2)20-23-17-8-6-15(21)11-18(17)27-20)4-5-14-10-16(26-3)7-9-19(14)28(22,24)25/h6-13H,4-5H2,1-3H3,(H2,22,24,25). The van der Waals surface area contributed by atoms with Gasteiger partial charge in [-0.1, -0.05) is 25.4 Å². The summed E-state index contributed by atoms with van der Waals surface area (Å²) < 4.78 is 30.1. The van der Waals surface area contributed by atoms with E-state index < -0.39 is 10.0 Å². The van der Waals surface area contributed by atoms with Crippen LogP contribution in [-0.4, -0.2) is 20.5 Å². The fourth-order valence-corrected chi connectivity index (χ4v) is 5.36. The number of nitrogens with two attached hydrogens (primary N) is 1. The van der Waals surface area contributed by atoms with Crippen molar-refractivity contribution in [1.29, 1.82) is 0 Å². The lowest BCUT2D eigenvalue weighted by molar-refractivity contribution is 0.412. The molecule has 3 aromatic rings. The average Bonchev–Trinajstić information content (AvgIpc) is 3.07. The van der Waals surface area contributed by atoms with Crippen LogP contribution >= 0.6 is 22.9 Å². The molecule has 0 aliphatic rings. The van der Waals surface area contributed by atoms with Crippen LogP contribution in [0.4, 0.5) is 0 Å². The van der Waals surface area contributed by atoms with Crippen molar-refractivity contribution >= 4 is 43.2 Å². The highest BCUT2D eigenvalue weighted by molar-refractivity contribution is 7.89. The quantitative estimate of drug-likeness (QED) is 0.564. The number of ether oxygens (including phenoxy) is 1. The monoisotopic (exact) mass is 438 g/mol. The summed E-state index contributed by atoms with van der Waals surface area (Å²) in [6.07, 6.45) is 1.39. The number of aryl methyl sites for hydroxylation is 1. The highest BCUT2D eigenvalue weighted by Gasteiger charge is 2.21. The first kappa shape index (κ1) is 21.0. The number of fused-ring (bicyclic) bond motifs is 1. The molecule has 0 saturated carbocycles. The van der Waals surface area contributed by atoms with Crippen LogP contribution in [0.2, 0.25) is 5.02 Å². The molecule has 2 atom stereocenters. The van der Waals surface area contributed by atoms with Gasteiger partial charge >= 0.3 is 0 Å². The maximum Gasteiger partial charge on any atom is 0.238 e. The van der Waals surface area contributed by atoms with Crippen molar-refractivity contribution in [3.05, 3.63) is 52.0 Å². The fraction of sp³-hybridized carbons (Fsp3) is 0.350. The zero-order valence-electron chi connectivity index (χ0n) is 16.0. The van der Waals surface area contributed by atoms with Crippen molar-refractivity contribution in [1.82, 2.24) is 4.98 Å². The van der Waals surface area contributed by atoms with Gasteiger partial charge in [0, 0.05) is 10.9 Å². The second-order valence-electron chi connectivity index (χ2n) is 6.99. The second kappa shape index (κ2) is 8.37. The number of nitrogens with zero attached hydrogens (tertiary/aromatic N) is 1. The zero-order chi connectivity index (χ0) is 20.5. The number of methoxy groups -OCH3 is 1. The largest absolute Gasteiger partial charge is 0.497 e. The Morgan fingerprint density at radius 1 is 1.21 bits per heavy atom. The first-order chi connectivity index (χ1) is 13.2. The van der Waals surface area contributed by atoms with Gasteiger partial charge < -0.3 is 4.74 Å². The minimum atomic E-state index is -3.78. The summed E-state index contributed by atoms with van der Waals surface area (Å²) in [6.45, 7) is 4.30. The molecule has 150 valence electrons. The number of rotatable bonds is 7. The number of thiazole rings is 1. The third kappa shape index (κ3) is 4.66. The van der Waals surface area contributed by atoms with Crippen molar-refractivity contribution in [3.63, 3.8) is 0 Å². The van der Waals surface area contributed by atoms with Crippen LogP contribution < -0.4 is 9.88 Å². The van der Waals surface area contributed by atoms with Crippen LogP contribution in [0.3, 0.4) is 0 Å². The molecule has 0 aliphatic heterocycles. The van der Waals surface area contributed by atoms with Crippen molar-refractivity contribution < 1.29 is 13.2 Å². The van der Waals surface area contributed by atoms with Gasteiger partial charge in [-0.05, 0) is 60.7 Å². The van der Waals surface area contributed by atoms with E-state index in [0.717, 1.165) is 21.6 Å². The van der Waals surface area contributed by atoms with Crippen LogP contribution in [-0.2, 0) is 16.4 Å². The molecule has 3 rings (SSSR count). The number of halogens is 1. The van der Waals surface area contributed by atoms with Gasteiger partial charge in [0.05, 0.1) is 27.2 Å². The number of hydrogen-bond donors (Lipinski definition) is 1. The molecule has 0 spiro atoms. The number of benzene rings is 2. The van der Waals surface area contributed by atoms with Crippen LogP contribution in [0.15, 0.2) is 41.3 Å². The molecule has 1 aromatic heterocycles. The van der Waals surface area contributed by atoms with Crippen molar-refractivity contribution in [2.75, 3.05) is 7.11 Å². The van der Waals surface area contributed by atoms with Gasteiger partial charge in [0.2, 0.25) is 10.0 Å². The van der Waals surface area contributed by atoms with Crippen LogP contribution in [0.25, 0.3) is 10.2 Å². The Morgan fingerprint density at radius 3 is 2.64 bits per heavy atom. The number of sulfonamides is 1. The Hall–Kier alpha value is -1.67. The molecular weight excluding hydrogens is 416 g/mol. The Labute approximate surface area is 174 Å². The molecule has 0 fully saturated rings. The highest BCUT2D eigenvalue weighted by atomic mass is 35.5. The Balaban J connectivity index is 1.78. The smallest absolute Gasteiger partial charge is 0.238 e. The van der Waals surface area contributed by atoms with Gasteiger partial charge in [0.15, 0.2) is 0 Å². The normalized spacial score (nSPS) is 14.2. The maximum atomic E-state index is 11.9. The van der Waals surface area contributed by atoms with E-state index in [1.807, 2.05) is 18.2 Å². The molecule has 2 N–H and O–H groups in total. The molecule has 0 saturated heterocycles. The van der Waals surface area contributed by atoms with Crippen molar-refractivity contribution in [2.45, 2.75) is 37.5 Å². The Morgan fingerprint density at radius 2 is 1.96 bits per heavy atom. The minimum Gasteiger partial charge on any atom is -0.497 e. The predicted octanol–water partition coefficient (Wildman–Crippen LogP) is 4.98.